The number of carbonyl (C=O) groups excluding carboxylic acids is 1. The first-order valence-corrected chi connectivity index (χ1v) is 3.77. The van der Waals surface area contributed by atoms with Crippen LogP contribution < -0.4 is 4.74 Å². The van der Waals surface area contributed by atoms with Crippen molar-refractivity contribution in [2.24, 2.45) is 0 Å². The van der Waals surface area contributed by atoms with Gasteiger partial charge < -0.3 is 4.74 Å². The predicted octanol–water partition coefficient (Wildman–Crippen LogP) is 1.55. The minimum Gasteiger partial charge on any atom is -0.416 e. The zero-order valence-electron chi connectivity index (χ0n) is 5.83. The van der Waals surface area contributed by atoms with Crippen LogP contribution in [0.25, 0.3) is 0 Å². The van der Waals surface area contributed by atoms with Crippen molar-refractivity contribution in [2.45, 2.75) is 6.92 Å². The minimum atomic E-state index is -0.365. The molecule has 0 atom stereocenters. The van der Waals surface area contributed by atoms with E-state index in [4.69, 9.17) is 10.00 Å². The molecule has 11 heavy (non-hydrogen) atoms. The highest BCUT2D eigenvalue weighted by Gasteiger charge is 2.01. The van der Waals surface area contributed by atoms with Crippen molar-refractivity contribution in [3.8, 4) is 11.1 Å². The molecule has 3 nitrogen and oxygen atoms in total. The van der Waals surface area contributed by atoms with E-state index in [1.54, 1.807) is 5.38 Å². The maximum atomic E-state index is 10.4. The van der Waals surface area contributed by atoms with Gasteiger partial charge in [0, 0.05) is 18.4 Å². The normalized spacial score (nSPS) is 8.73. The molecule has 0 spiro atoms. The maximum Gasteiger partial charge on any atom is 0.308 e. The van der Waals surface area contributed by atoms with Gasteiger partial charge in [0.1, 0.15) is 6.07 Å². The Labute approximate surface area is 67.8 Å². The quantitative estimate of drug-likeness (QED) is 0.596. The summed E-state index contributed by atoms with van der Waals surface area (Å²) in [6, 6.07) is 3.47. The molecule has 1 aromatic heterocycles. The van der Waals surface area contributed by atoms with Gasteiger partial charge in [0.15, 0.2) is 5.06 Å². The SMILES string of the molecule is CC(=O)Oc1cc(C#N)cs1. The van der Waals surface area contributed by atoms with E-state index in [2.05, 4.69) is 0 Å². The number of hydrogen-bond donors (Lipinski definition) is 0. The highest BCUT2D eigenvalue weighted by molar-refractivity contribution is 7.12. The van der Waals surface area contributed by atoms with Gasteiger partial charge in [0.05, 0.1) is 5.56 Å². The van der Waals surface area contributed by atoms with Gasteiger partial charge in [-0.2, -0.15) is 5.26 Å². The molecule has 0 amide bonds. The van der Waals surface area contributed by atoms with Crippen LogP contribution in [0, 0.1) is 11.3 Å². The topological polar surface area (TPSA) is 50.1 Å². The Morgan fingerprint density at radius 1 is 1.82 bits per heavy atom. The highest BCUT2D eigenvalue weighted by Crippen LogP contribution is 2.22. The molecular formula is C7H5NO2S. The van der Waals surface area contributed by atoms with Crippen LogP contribution in [0.4, 0.5) is 0 Å². The van der Waals surface area contributed by atoms with E-state index in [1.807, 2.05) is 6.07 Å². The van der Waals surface area contributed by atoms with E-state index in [0.29, 0.717) is 10.6 Å². The monoisotopic (exact) mass is 167 g/mol. The van der Waals surface area contributed by atoms with E-state index in [0.717, 1.165) is 0 Å². The number of thiophene rings is 1. The Balaban J connectivity index is 2.75. The molecule has 0 unspecified atom stereocenters. The van der Waals surface area contributed by atoms with Gasteiger partial charge in [-0.15, -0.1) is 11.3 Å². The fraction of sp³-hybridized carbons (Fsp3) is 0.143. The number of nitrogens with zero attached hydrogens (tertiary/aromatic N) is 1. The van der Waals surface area contributed by atoms with Crippen molar-refractivity contribution in [2.75, 3.05) is 0 Å². The molecule has 56 valence electrons. The van der Waals surface area contributed by atoms with E-state index < -0.39 is 0 Å². The van der Waals surface area contributed by atoms with Gasteiger partial charge in [0.25, 0.3) is 0 Å². The molecule has 0 radical (unpaired) electrons. The summed E-state index contributed by atoms with van der Waals surface area (Å²) in [6.45, 7) is 1.33. The molecule has 0 aliphatic heterocycles. The molecule has 0 saturated heterocycles. The molecular weight excluding hydrogens is 162 g/mol. The molecule has 0 N–H and O–H groups in total. The van der Waals surface area contributed by atoms with Crippen molar-refractivity contribution in [1.29, 1.82) is 5.26 Å². The van der Waals surface area contributed by atoms with Crippen LogP contribution in [-0.4, -0.2) is 5.97 Å². The molecule has 0 saturated carbocycles. The number of carbonyl (C=O) groups is 1. The van der Waals surface area contributed by atoms with Gasteiger partial charge in [-0.3, -0.25) is 4.79 Å². The molecule has 0 bridgehead atoms. The molecule has 1 rings (SSSR count). The van der Waals surface area contributed by atoms with Crippen LogP contribution in [0.3, 0.4) is 0 Å². The molecule has 0 aliphatic rings. The number of rotatable bonds is 1. The molecule has 0 aromatic carbocycles. The van der Waals surface area contributed by atoms with E-state index in [1.165, 1.54) is 24.3 Å². The van der Waals surface area contributed by atoms with E-state index in [9.17, 15) is 4.79 Å². The maximum absolute atomic E-state index is 10.4. The van der Waals surface area contributed by atoms with E-state index in [-0.39, 0.29) is 5.97 Å². The summed E-state index contributed by atoms with van der Waals surface area (Å²) in [6.07, 6.45) is 0. The number of nitriles is 1. The van der Waals surface area contributed by atoms with Crippen molar-refractivity contribution in [3.05, 3.63) is 17.0 Å². The smallest absolute Gasteiger partial charge is 0.308 e. The second-order valence-corrected chi connectivity index (χ2v) is 2.73. The van der Waals surface area contributed by atoms with Crippen molar-refractivity contribution >= 4 is 17.3 Å². The summed E-state index contributed by atoms with van der Waals surface area (Å²) in [5, 5.41) is 10.5. The van der Waals surface area contributed by atoms with Crippen molar-refractivity contribution in [3.63, 3.8) is 0 Å². The Kier molecular flexibility index (Phi) is 2.24. The van der Waals surface area contributed by atoms with Crippen LogP contribution in [0.5, 0.6) is 5.06 Å². The third-order valence-corrected chi connectivity index (χ3v) is 1.75. The molecule has 0 aliphatic carbocycles. The van der Waals surface area contributed by atoms with Gasteiger partial charge in [0.2, 0.25) is 0 Å². The second-order valence-electron chi connectivity index (χ2n) is 1.86. The van der Waals surface area contributed by atoms with Gasteiger partial charge in [-0.05, 0) is 0 Å². The summed E-state index contributed by atoms with van der Waals surface area (Å²) in [7, 11) is 0. The van der Waals surface area contributed by atoms with E-state index >= 15 is 0 Å². The Morgan fingerprint density at radius 3 is 3.00 bits per heavy atom. The van der Waals surface area contributed by atoms with Crippen LogP contribution >= 0.6 is 11.3 Å². The summed E-state index contributed by atoms with van der Waals surface area (Å²) in [5.74, 6) is -0.365. The lowest BCUT2D eigenvalue weighted by Crippen LogP contribution is -1.98. The highest BCUT2D eigenvalue weighted by atomic mass is 32.1. The van der Waals surface area contributed by atoms with Gasteiger partial charge in [-0.25, -0.2) is 0 Å². The largest absolute Gasteiger partial charge is 0.416 e. The lowest BCUT2D eigenvalue weighted by Gasteiger charge is -1.91. The van der Waals surface area contributed by atoms with Crippen molar-refractivity contribution in [1.82, 2.24) is 0 Å². The third-order valence-electron chi connectivity index (χ3n) is 0.949. The summed E-state index contributed by atoms with van der Waals surface area (Å²) in [5.41, 5.74) is 0.520. The summed E-state index contributed by atoms with van der Waals surface area (Å²) >= 11 is 1.24. The lowest BCUT2D eigenvalue weighted by molar-refractivity contribution is -0.131. The summed E-state index contributed by atoms with van der Waals surface area (Å²) in [4.78, 5) is 10.4. The fourth-order valence-corrected chi connectivity index (χ4v) is 1.29. The first-order valence-electron chi connectivity index (χ1n) is 2.89. The van der Waals surface area contributed by atoms with Crippen LogP contribution in [0.2, 0.25) is 0 Å². The third kappa shape index (κ3) is 2.06. The first-order chi connectivity index (χ1) is 5.22. The van der Waals surface area contributed by atoms with Crippen LogP contribution in [-0.2, 0) is 4.79 Å². The number of hydrogen-bond acceptors (Lipinski definition) is 4. The fourth-order valence-electron chi connectivity index (χ4n) is 0.570. The molecule has 4 heteroatoms. The average Bonchev–Trinajstić information content (AvgIpc) is 2.34. The zero-order chi connectivity index (χ0) is 8.27. The lowest BCUT2D eigenvalue weighted by atomic mass is 10.4. The Morgan fingerprint density at radius 2 is 2.55 bits per heavy atom. The molecule has 1 heterocycles. The van der Waals surface area contributed by atoms with Gasteiger partial charge >= 0.3 is 5.97 Å². The number of ether oxygens (including phenoxy) is 1. The standard InChI is InChI=1S/C7H5NO2S/c1-5(9)10-7-2-6(3-8)4-11-7/h2,4H,1H3. The minimum absolute atomic E-state index is 0.365. The molecule has 1 aromatic rings. The average molecular weight is 167 g/mol. The number of esters is 1. The van der Waals surface area contributed by atoms with Gasteiger partial charge in [-0.1, -0.05) is 0 Å². The summed E-state index contributed by atoms with van der Waals surface area (Å²) < 4.78 is 4.73. The van der Waals surface area contributed by atoms with Crippen LogP contribution in [0.15, 0.2) is 11.4 Å². The van der Waals surface area contributed by atoms with Crippen molar-refractivity contribution < 1.29 is 9.53 Å². The predicted molar refractivity (Wildman–Crippen MR) is 40.3 cm³/mol. The van der Waals surface area contributed by atoms with Crippen LogP contribution in [0.1, 0.15) is 12.5 Å². The Bertz CT molecular complexity index is 310. The Hall–Kier alpha value is -1.34. The second kappa shape index (κ2) is 3.17. The zero-order valence-corrected chi connectivity index (χ0v) is 6.64. The molecule has 0 fully saturated rings. The first kappa shape index (κ1) is 7.76.